The molecule has 2 atom stereocenters. The van der Waals surface area contributed by atoms with Gasteiger partial charge in [0.1, 0.15) is 0 Å². The maximum atomic E-state index is 3.43. The second kappa shape index (κ2) is 4.63. The monoisotopic (exact) mass is 225 g/mol. The van der Waals surface area contributed by atoms with Gasteiger partial charge in [0.05, 0.1) is 0 Å². The smallest absolute Gasteiger partial charge is 0.0277 e. The van der Waals surface area contributed by atoms with Crippen molar-refractivity contribution in [3.05, 3.63) is 0 Å². The van der Waals surface area contributed by atoms with Crippen molar-refractivity contribution in [2.24, 2.45) is 0 Å². The number of likely N-dealkylation sites (N-methyl/N-ethyl adjacent to an activating group) is 1. The van der Waals surface area contributed by atoms with Crippen LogP contribution in [-0.2, 0) is 0 Å². The minimum absolute atomic E-state index is 0.343. The lowest BCUT2D eigenvalue weighted by atomic mass is 9.98. The molecule has 1 saturated heterocycles. The molecule has 1 aliphatic heterocycles. The van der Waals surface area contributed by atoms with Gasteiger partial charge in [-0.25, -0.2) is 0 Å². The number of hydrogen-bond donors (Lipinski definition) is 1. The van der Waals surface area contributed by atoms with E-state index in [1.807, 2.05) is 0 Å². The van der Waals surface area contributed by atoms with Crippen molar-refractivity contribution in [1.29, 1.82) is 0 Å². The van der Waals surface area contributed by atoms with Gasteiger partial charge in [-0.1, -0.05) is 0 Å². The highest BCUT2D eigenvalue weighted by Crippen LogP contribution is 2.28. The van der Waals surface area contributed by atoms with E-state index in [0.717, 1.165) is 12.1 Å². The molecule has 0 amide bonds. The molecule has 3 nitrogen and oxygen atoms in total. The molecule has 3 heteroatoms. The minimum Gasteiger partial charge on any atom is -0.317 e. The van der Waals surface area contributed by atoms with Gasteiger partial charge in [0.15, 0.2) is 0 Å². The molecule has 0 aromatic carbocycles. The van der Waals surface area contributed by atoms with Crippen LogP contribution in [0, 0.1) is 0 Å². The predicted molar refractivity (Wildman–Crippen MR) is 68.8 cm³/mol. The Bertz CT molecular complexity index is 239. The predicted octanol–water partition coefficient (Wildman–Crippen LogP) is 1.15. The van der Waals surface area contributed by atoms with E-state index in [-0.39, 0.29) is 0 Å². The zero-order valence-electron chi connectivity index (χ0n) is 11.3. The summed E-state index contributed by atoms with van der Waals surface area (Å²) in [5.74, 6) is 0. The number of hydrogen-bond acceptors (Lipinski definition) is 3. The average molecular weight is 225 g/mol. The zero-order valence-corrected chi connectivity index (χ0v) is 11.3. The highest BCUT2D eigenvalue weighted by Gasteiger charge is 2.36. The molecule has 1 saturated carbocycles. The van der Waals surface area contributed by atoms with Crippen molar-refractivity contribution in [2.45, 2.75) is 50.7 Å². The molecule has 2 unspecified atom stereocenters. The van der Waals surface area contributed by atoms with Crippen LogP contribution in [0.3, 0.4) is 0 Å². The van der Waals surface area contributed by atoms with Crippen LogP contribution in [0.4, 0.5) is 0 Å². The Hall–Kier alpha value is -0.120. The van der Waals surface area contributed by atoms with Crippen LogP contribution in [0.15, 0.2) is 0 Å². The lowest BCUT2D eigenvalue weighted by molar-refractivity contribution is 0.0177. The first-order chi connectivity index (χ1) is 7.53. The summed E-state index contributed by atoms with van der Waals surface area (Å²) < 4.78 is 0. The number of nitrogens with one attached hydrogen (secondary N) is 1. The Morgan fingerprint density at radius 2 is 1.94 bits per heavy atom. The Morgan fingerprint density at radius 3 is 2.50 bits per heavy atom. The molecule has 0 aromatic heterocycles. The first kappa shape index (κ1) is 12.3. The van der Waals surface area contributed by atoms with Crippen molar-refractivity contribution < 1.29 is 0 Å². The minimum atomic E-state index is 0.343. The highest BCUT2D eigenvalue weighted by atomic mass is 15.3. The number of piperazine rings is 1. The molecule has 0 aromatic rings. The van der Waals surface area contributed by atoms with E-state index < -0.39 is 0 Å². The van der Waals surface area contributed by atoms with Crippen LogP contribution < -0.4 is 5.32 Å². The largest absolute Gasteiger partial charge is 0.317 e. The standard InChI is InChI=1S/C13H27N3/c1-13(2)10-16(8-7-15(13)4)12-6-5-11(9-12)14-3/h11-12,14H,5-10H2,1-4H3. The molecule has 2 aliphatic rings. The van der Waals surface area contributed by atoms with Gasteiger partial charge in [-0.3, -0.25) is 9.80 Å². The first-order valence-corrected chi connectivity index (χ1v) is 6.65. The summed E-state index contributed by atoms with van der Waals surface area (Å²) in [6.07, 6.45) is 4.08. The van der Waals surface area contributed by atoms with Gasteiger partial charge in [-0.2, -0.15) is 0 Å². The summed E-state index contributed by atoms with van der Waals surface area (Å²) in [5, 5.41) is 3.43. The fourth-order valence-electron chi connectivity index (χ4n) is 3.14. The quantitative estimate of drug-likeness (QED) is 0.760. The Balaban J connectivity index is 1.92. The molecule has 0 radical (unpaired) electrons. The van der Waals surface area contributed by atoms with Gasteiger partial charge in [-0.15, -0.1) is 0 Å². The van der Waals surface area contributed by atoms with Gasteiger partial charge in [-0.05, 0) is 47.2 Å². The number of nitrogens with zero attached hydrogens (tertiary/aromatic N) is 2. The maximum absolute atomic E-state index is 3.43. The topological polar surface area (TPSA) is 18.5 Å². The fraction of sp³-hybridized carbons (Fsp3) is 1.00. The second-order valence-electron chi connectivity index (χ2n) is 6.16. The third kappa shape index (κ3) is 2.41. The Morgan fingerprint density at radius 1 is 1.19 bits per heavy atom. The van der Waals surface area contributed by atoms with Crippen LogP contribution in [0.25, 0.3) is 0 Å². The van der Waals surface area contributed by atoms with E-state index in [2.05, 4.69) is 43.1 Å². The van der Waals surface area contributed by atoms with Crippen LogP contribution in [0.1, 0.15) is 33.1 Å². The molecular formula is C13H27N3. The highest BCUT2D eigenvalue weighted by molar-refractivity contribution is 4.94. The lowest BCUT2D eigenvalue weighted by Gasteiger charge is -2.47. The van der Waals surface area contributed by atoms with Crippen molar-refractivity contribution in [2.75, 3.05) is 33.7 Å². The van der Waals surface area contributed by atoms with E-state index >= 15 is 0 Å². The van der Waals surface area contributed by atoms with Gasteiger partial charge < -0.3 is 5.32 Å². The Kier molecular flexibility index (Phi) is 3.57. The van der Waals surface area contributed by atoms with Gasteiger partial charge >= 0.3 is 0 Å². The molecule has 1 heterocycles. The van der Waals surface area contributed by atoms with E-state index in [9.17, 15) is 0 Å². The molecule has 2 fully saturated rings. The zero-order chi connectivity index (χ0) is 11.8. The van der Waals surface area contributed by atoms with E-state index in [1.165, 1.54) is 38.9 Å². The summed E-state index contributed by atoms with van der Waals surface area (Å²) in [6.45, 7) is 8.42. The Labute approximate surface area is 100 Å². The van der Waals surface area contributed by atoms with E-state index in [1.54, 1.807) is 0 Å². The molecular weight excluding hydrogens is 198 g/mol. The first-order valence-electron chi connectivity index (χ1n) is 6.65. The number of rotatable bonds is 2. The maximum Gasteiger partial charge on any atom is 0.0277 e. The van der Waals surface area contributed by atoms with Gasteiger partial charge in [0.25, 0.3) is 0 Å². The van der Waals surface area contributed by atoms with Crippen molar-refractivity contribution in [3.8, 4) is 0 Å². The molecule has 0 spiro atoms. The fourth-order valence-corrected chi connectivity index (χ4v) is 3.14. The molecule has 94 valence electrons. The summed E-state index contributed by atoms with van der Waals surface area (Å²) >= 11 is 0. The SMILES string of the molecule is CNC1CCC(N2CCN(C)C(C)(C)C2)C1. The molecule has 0 bridgehead atoms. The van der Waals surface area contributed by atoms with E-state index in [0.29, 0.717) is 5.54 Å². The summed E-state index contributed by atoms with van der Waals surface area (Å²) in [6, 6.07) is 1.58. The van der Waals surface area contributed by atoms with Crippen molar-refractivity contribution in [1.82, 2.24) is 15.1 Å². The summed E-state index contributed by atoms with van der Waals surface area (Å²) in [4.78, 5) is 5.21. The molecule has 16 heavy (non-hydrogen) atoms. The van der Waals surface area contributed by atoms with Gasteiger partial charge in [0.2, 0.25) is 0 Å². The molecule has 1 N–H and O–H groups in total. The third-order valence-electron chi connectivity index (χ3n) is 4.68. The van der Waals surface area contributed by atoms with Crippen LogP contribution in [-0.4, -0.2) is 61.2 Å². The normalized spacial score (nSPS) is 36.8. The van der Waals surface area contributed by atoms with Crippen LogP contribution in [0.5, 0.6) is 0 Å². The molecule has 2 rings (SSSR count). The van der Waals surface area contributed by atoms with Crippen LogP contribution in [0.2, 0.25) is 0 Å². The van der Waals surface area contributed by atoms with Crippen molar-refractivity contribution >= 4 is 0 Å². The van der Waals surface area contributed by atoms with Crippen molar-refractivity contribution in [3.63, 3.8) is 0 Å². The van der Waals surface area contributed by atoms with Crippen LogP contribution >= 0.6 is 0 Å². The third-order valence-corrected chi connectivity index (χ3v) is 4.68. The van der Waals surface area contributed by atoms with Gasteiger partial charge in [0, 0.05) is 37.3 Å². The summed E-state index contributed by atoms with van der Waals surface area (Å²) in [5.41, 5.74) is 0.343. The van der Waals surface area contributed by atoms with E-state index in [4.69, 9.17) is 0 Å². The average Bonchev–Trinajstić information content (AvgIpc) is 2.70. The molecule has 1 aliphatic carbocycles. The second-order valence-corrected chi connectivity index (χ2v) is 6.16. The lowest BCUT2D eigenvalue weighted by Crippen LogP contribution is -2.59. The summed E-state index contributed by atoms with van der Waals surface area (Å²) in [7, 11) is 4.35.